The van der Waals surface area contributed by atoms with Crippen LogP contribution in [0.2, 0.25) is 0 Å². The number of aliphatic hydroxyl groups excluding tert-OH is 1. The Balaban J connectivity index is 2.99. The summed E-state index contributed by atoms with van der Waals surface area (Å²) in [7, 11) is 0. The van der Waals surface area contributed by atoms with Crippen molar-refractivity contribution in [2.45, 2.75) is 110 Å². The minimum Gasteiger partial charge on any atom is -0.396 e. The van der Waals surface area contributed by atoms with Crippen LogP contribution in [0, 0.1) is 0 Å². The molecule has 0 bridgehead atoms. The summed E-state index contributed by atoms with van der Waals surface area (Å²) in [6.07, 6.45) is 26.2. The highest BCUT2D eigenvalue weighted by Crippen LogP contribution is 2.12. The van der Waals surface area contributed by atoms with E-state index in [1.165, 1.54) is 83.5 Å². The van der Waals surface area contributed by atoms with E-state index in [0.717, 1.165) is 19.3 Å². The van der Waals surface area contributed by atoms with E-state index in [1.54, 1.807) is 0 Å². The van der Waals surface area contributed by atoms with Gasteiger partial charge in [-0.15, -0.1) is 0 Å². The number of hydrogen-bond donors (Lipinski definition) is 1. The summed E-state index contributed by atoms with van der Waals surface area (Å²) < 4.78 is 0. The lowest BCUT2D eigenvalue weighted by Gasteiger charge is -2.02. The molecule has 0 fully saturated rings. The van der Waals surface area contributed by atoms with Crippen LogP contribution in [-0.2, 0) is 0 Å². The first-order valence-corrected chi connectivity index (χ1v) is 9.67. The average molecular weight is 297 g/mol. The highest BCUT2D eigenvalue weighted by atomic mass is 16.2. The molecular formula is C20H40O. The molecule has 0 aromatic rings. The van der Waals surface area contributed by atoms with Gasteiger partial charge in [-0.1, -0.05) is 89.7 Å². The van der Waals surface area contributed by atoms with E-state index in [2.05, 4.69) is 19.1 Å². The summed E-state index contributed by atoms with van der Waals surface area (Å²) in [5.41, 5.74) is 0. The zero-order valence-corrected chi connectivity index (χ0v) is 14.6. The van der Waals surface area contributed by atoms with Crippen molar-refractivity contribution in [3.05, 3.63) is 12.2 Å². The normalized spacial score (nSPS) is 11.5. The molecule has 0 spiro atoms. The fourth-order valence-electron chi connectivity index (χ4n) is 2.71. The van der Waals surface area contributed by atoms with E-state index < -0.39 is 0 Å². The lowest BCUT2D eigenvalue weighted by Crippen LogP contribution is -1.82. The second-order valence-corrected chi connectivity index (χ2v) is 6.37. The summed E-state index contributed by atoms with van der Waals surface area (Å²) in [6.45, 7) is 2.62. The molecule has 0 aromatic heterocycles. The molecule has 1 N–H and O–H groups in total. The van der Waals surface area contributed by atoms with Crippen LogP contribution >= 0.6 is 0 Å². The molecule has 126 valence electrons. The fraction of sp³-hybridized carbons (Fsp3) is 0.900. The Bertz CT molecular complexity index is 198. The van der Waals surface area contributed by atoms with Crippen molar-refractivity contribution in [1.29, 1.82) is 0 Å². The monoisotopic (exact) mass is 296 g/mol. The van der Waals surface area contributed by atoms with Crippen molar-refractivity contribution >= 4 is 0 Å². The molecule has 0 aliphatic heterocycles. The van der Waals surface area contributed by atoms with Gasteiger partial charge in [0.1, 0.15) is 0 Å². The second kappa shape index (κ2) is 19.7. The van der Waals surface area contributed by atoms with Gasteiger partial charge in [-0.25, -0.2) is 0 Å². The molecule has 21 heavy (non-hydrogen) atoms. The largest absolute Gasteiger partial charge is 0.396 e. The molecule has 0 saturated carbocycles. The van der Waals surface area contributed by atoms with Gasteiger partial charge >= 0.3 is 0 Å². The number of allylic oxidation sites excluding steroid dienone is 2. The van der Waals surface area contributed by atoms with E-state index in [9.17, 15) is 0 Å². The fourth-order valence-corrected chi connectivity index (χ4v) is 2.71. The lowest BCUT2D eigenvalue weighted by molar-refractivity contribution is 0.285. The average Bonchev–Trinajstić information content (AvgIpc) is 2.50. The molecule has 0 radical (unpaired) electrons. The Hall–Kier alpha value is -0.300. The maximum Gasteiger partial charge on any atom is 0.0431 e. The van der Waals surface area contributed by atoms with E-state index in [1.807, 2.05) is 0 Å². The summed E-state index contributed by atoms with van der Waals surface area (Å²) in [5, 5.41) is 8.67. The Labute approximate surface area is 134 Å². The molecule has 0 saturated heterocycles. The van der Waals surface area contributed by atoms with Gasteiger partial charge in [-0.05, 0) is 32.1 Å². The van der Waals surface area contributed by atoms with Crippen molar-refractivity contribution in [2.75, 3.05) is 6.61 Å². The predicted molar refractivity (Wildman–Crippen MR) is 95.8 cm³/mol. The van der Waals surface area contributed by atoms with Crippen LogP contribution in [0.1, 0.15) is 110 Å². The summed E-state index contributed by atoms with van der Waals surface area (Å²) in [4.78, 5) is 0. The van der Waals surface area contributed by atoms with Crippen molar-refractivity contribution in [3.63, 3.8) is 0 Å². The molecule has 0 aromatic carbocycles. The number of hydrogen-bond acceptors (Lipinski definition) is 1. The zero-order chi connectivity index (χ0) is 15.4. The molecule has 0 amide bonds. The molecule has 1 nitrogen and oxygen atoms in total. The second-order valence-electron chi connectivity index (χ2n) is 6.37. The topological polar surface area (TPSA) is 20.2 Å². The molecule has 0 heterocycles. The Morgan fingerprint density at radius 2 is 0.905 bits per heavy atom. The number of aliphatic hydroxyl groups is 1. The summed E-state index contributed by atoms with van der Waals surface area (Å²) in [5.74, 6) is 0. The third kappa shape index (κ3) is 19.7. The van der Waals surface area contributed by atoms with Crippen LogP contribution in [0.5, 0.6) is 0 Å². The minimum atomic E-state index is 0.340. The van der Waals surface area contributed by atoms with Gasteiger partial charge in [0.2, 0.25) is 0 Å². The van der Waals surface area contributed by atoms with E-state index in [0.29, 0.717) is 6.61 Å². The number of rotatable bonds is 17. The molecular weight excluding hydrogens is 256 g/mol. The van der Waals surface area contributed by atoms with Crippen LogP contribution in [0.25, 0.3) is 0 Å². The molecule has 0 aliphatic rings. The smallest absolute Gasteiger partial charge is 0.0431 e. The van der Waals surface area contributed by atoms with Crippen LogP contribution in [0.15, 0.2) is 12.2 Å². The molecule has 0 rings (SSSR count). The first-order valence-electron chi connectivity index (χ1n) is 9.67. The Morgan fingerprint density at radius 1 is 0.524 bits per heavy atom. The van der Waals surface area contributed by atoms with Gasteiger partial charge in [0, 0.05) is 6.61 Å². The standard InChI is InChI=1S/C20H40O/c1-2-3-4-5-6-7-8-9-10-11-12-13-14-15-16-17-18-19-20-21/h15-16,21H,2-14,17-20H2,1H3/b16-15+. The van der Waals surface area contributed by atoms with E-state index >= 15 is 0 Å². The number of unbranched alkanes of at least 4 members (excludes halogenated alkanes) is 14. The lowest BCUT2D eigenvalue weighted by atomic mass is 10.0. The van der Waals surface area contributed by atoms with Crippen molar-refractivity contribution in [1.82, 2.24) is 0 Å². The minimum absolute atomic E-state index is 0.340. The van der Waals surface area contributed by atoms with E-state index in [-0.39, 0.29) is 0 Å². The van der Waals surface area contributed by atoms with Gasteiger partial charge in [0.15, 0.2) is 0 Å². The first kappa shape index (κ1) is 20.7. The van der Waals surface area contributed by atoms with Crippen LogP contribution in [-0.4, -0.2) is 11.7 Å². The van der Waals surface area contributed by atoms with Gasteiger partial charge < -0.3 is 5.11 Å². The quantitative estimate of drug-likeness (QED) is 0.231. The highest BCUT2D eigenvalue weighted by molar-refractivity contribution is 4.81. The summed E-state index contributed by atoms with van der Waals surface area (Å²) in [6, 6.07) is 0. The van der Waals surface area contributed by atoms with Crippen LogP contribution < -0.4 is 0 Å². The van der Waals surface area contributed by atoms with Gasteiger partial charge in [0.05, 0.1) is 0 Å². The Kier molecular flexibility index (Phi) is 19.4. The zero-order valence-electron chi connectivity index (χ0n) is 14.6. The maximum absolute atomic E-state index is 8.67. The van der Waals surface area contributed by atoms with Crippen molar-refractivity contribution in [3.8, 4) is 0 Å². The molecule has 1 heteroatoms. The summed E-state index contributed by atoms with van der Waals surface area (Å²) >= 11 is 0. The molecule has 0 unspecified atom stereocenters. The van der Waals surface area contributed by atoms with E-state index in [4.69, 9.17) is 5.11 Å². The first-order chi connectivity index (χ1) is 10.4. The van der Waals surface area contributed by atoms with Crippen LogP contribution in [0.4, 0.5) is 0 Å². The van der Waals surface area contributed by atoms with Crippen molar-refractivity contribution in [2.24, 2.45) is 0 Å². The maximum atomic E-state index is 8.67. The third-order valence-corrected chi connectivity index (χ3v) is 4.17. The van der Waals surface area contributed by atoms with Crippen molar-refractivity contribution < 1.29 is 5.11 Å². The SMILES string of the molecule is CCCCCCCCCCCCCC/C=C/CCCCO. The molecule has 0 aliphatic carbocycles. The highest BCUT2D eigenvalue weighted by Gasteiger charge is 1.93. The van der Waals surface area contributed by atoms with Gasteiger partial charge in [0.25, 0.3) is 0 Å². The van der Waals surface area contributed by atoms with Gasteiger partial charge in [-0.2, -0.15) is 0 Å². The van der Waals surface area contributed by atoms with Crippen LogP contribution in [0.3, 0.4) is 0 Å². The molecule has 0 atom stereocenters. The predicted octanol–water partition coefficient (Wildman–Crippen LogP) is 6.80. The Morgan fingerprint density at radius 3 is 1.33 bits per heavy atom. The third-order valence-electron chi connectivity index (χ3n) is 4.17. The van der Waals surface area contributed by atoms with Gasteiger partial charge in [-0.3, -0.25) is 0 Å².